The second kappa shape index (κ2) is 4.47. The maximum Gasteiger partial charge on any atom is 0.302 e. The van der Waals surface area contributed by atoms with Crippen LogP contribution in [0.2, 0.25) is 0 Å². The molecule has 5 heteroatoms. The Kier molecular flexibility index (Phi) is 2.92. The molecule has 0 unspecified atom stereocenters. The number of nitrogens with zero attached hydrogens (tertiary/aromatic N) is 1. The van der Waals surface area contributed by atoms with Gasteiger partial charge in [-0.15, -0.1) is 0 Å². The summed E-state index contributed by atoms with van der Waals surface area (Å²) in [6, 6.07) is 0. The Morgan fingerprint density at radius 1 is 1.32 bits per heavy atom. The van der Waals surface area contributed by atoms with E-state index in [0.29, 0.717) is 13.0 Å². The molecule has 0 radical (unpaired) electrons. The summed E-state index contributed by atoms with van der Waals surface area (Å²) < 4.78 is 5.32. The van der Waals surface area contributed by atoms with Gasteiger partial charge in [-0.25, -0.2) is 0 Å². The van der Waals surface area contributed by atoms with E-state index in [1.54, 1.807) is 0 Å². The monoisotopic (exact) mass is 263 g/mol. The molecule has 102 valence electrons. The van der Waals surface area contributed by atoms with Crippen molar-refractivity contribution in [3.8, 4) is 0 Å². The minimum atomic E-state index is -0.395. The Morgan fingerprint density at radius 3 is 2.68 bits per heavy atom. The molecule has 0 aromatic rings. The van der Waals surface area contributed by atoms with Crippen LogP contribution >= 0.6 is 0 Å². The zero-order valence-corrected chi connectivity index (χ0v) is 10.9. The molecule has 2 amide bonds. The molecule has 2 aliphatic carbocycles. The standard InChI is InChI=1S/C14H17NO4/c1-8(16)19-13-10-5-4-9(7-10)12(13)14(18)15-6-2-3-11(15)17/h4-5,9-10,12-13H,2-3,6-7H2,1H3/t9-,10+,12-,13-/m1/s1. The molecule has 2 fully saturated rings. The molecule has 0 spiro atoms. The number of ether oxygens (including phenoxy) is 1. The van der Waals surface area contributed by atoms with E-state index in [2.05, 4.69) is 0 Å². The Bertz CT molecular complexity index is 470. The van der Waals surface area contributed by atoms with E-state index in [1.807, 2.05) is 12.2 Å². The van der Waals surface area contributed by atoms with Crippen LogP contribution in [0.3, 0.4) is 0 Å². The zero-order valence-electron chi connectivity index (χ0n) is 10.9. The molecule has 4 atom stereocenters. The summed E-state index contributed by atoms with van der Waals surface area (Å²) in [5, 5.41) is 0. The predicted molar refractivity (Wildman–Crippen MR) is 65.7 cm³/mol. The van der Waals surface area contributed by atoms with Crippen LogP contribution in [0.4, 0.5) is 0 Å². The Labute approximate surface area is 111 Å². The van der Waals surface area contributed by atoms with Gasteiger partial charge in [-0.05, 0) is 18.8 Å². The van der Waals surface area contributed by atoms with Gasteiger partial charge in [0.1, 0.15) is 6.10 Å². The van der Waals surface area contributed by atoms with Crippen LogP contribution in [0, 0.1) is 17.8 Å². The molecule has 2 bridgehead atoms. The normalized spacial score (nSPS) is 36.1. The maximum atomic E-state index is 12.5. The van der Waals surface area contributed by atoms with E-state index in [4.69, 9.17) is 4.74 Å². The van der Waals surface area contributed by atoms with Gasteiger partial charge in [0.05, 0.1) is 5.92 Å². The summed E-state index contributed by atoms with van der Waals surface area (Å²) in [4.78, 5) is 36.7. The number of imide groups is 1. The van der Waals surface area contributed by atoms with Crippen LogP contribution in [0.25, 0.3) is 0 Å². The summed E-state index contributed by atoms with van der Waals surface area (Å²) >= 11 is 0. The highest BCUT2D eigenvalue weighted by molar-refractivity contribution is 5.98. The van der Waals surface area contributed by atoms with Crippen molar-refractivity contribution in [1.82, 2.24) is 4.90 Å². The van der Waals surface area contributed by atoms with Crippen molar-refractivity contribution < 1.29 is 19.1 Å². The molecule has 1 heterocycles. The van der Waals surface area contributed by atoms with Gasteiger partial charge < -0.3 is 4.74 Å². The number of carbonyl (C=O) groups excluding carboxylic acids is 3. The molecule has 3 aliphatic rings. The summed E-state index contributed by atoms with van der Waals surface area (Å²) in [6.07, 6.45) is 5.67. The van der Waals surface area contributed by atoms with Crippen molar-refractivity contribution in [2.75, 3.05) is 6.54 Å². The van der Waals surface area contributed by atoms with Gasteiger partial charge in [-0.2, -0.15) is 0 Å². The van der Waals surface area contributed by atoms with Crippen LogP contribution in [0.5, 0.6) is 0 Å². The van der Waals surface area contributed by atoms with Crippen molar-refractivity contribution in [2.45, 2.75) is 32.3 Å². The van der Waals surface area contributed by atoms with Gasteiger partial charge in [0.2, 0.25) is 11.8 Å². The molecule has 0 aromatic heterocycles. The summed E-state index contributed by atoms with van der Waals surface area (Å²) in [5.41, 5.74) is 0. The van der Waals surface area contributed by atoms with E-state index in [9.17, 15) is 14.4 Å². The minimum Gasteiger partial charge on any atom is -0.461 e. The largest absolute Gasteiger partial charge is 0.461 e. The Morgan fingerprint density at radius 2 is 2.05 bits per heavy atom. The second-order valence-electron chi connectivity index (χ2n) is 5.54. The van der Waals surface area contributed by atoms with Crippen LogP contribution < -0.4 is 0 Å². The number of likely N-dealkylation sites (tertiary alicyclic amines) is 1. The van der Waals surface area contributed by atoms with Crippen molar-refractivity contribution in [3.63, 3.8) is 0 Å². The predicted octanol–water partition coefficient (Wildman–Crippen LogP) is 0.889. The quantitative estimate of drug-likeness (QED) is 0.421. The third kappa shape index (κ3) is 1.97. The number of hydrogen-bond donors (Lipinski definition) is 0. The van der Waals surface area contributed by atoms with E-state index in [1.165, 1.54) is 11.8 Å². The topological polar surface area (TPSA) is 63.7 Å². The average molecular weight is 263 g/mol. The third-order valence-corrected chi connectivity index (χ3v) is 4.31. The molecule has 0 N–H and O–H groups in total. The molecule has 0 aromatic carbocycles. The fourth-order valence-corrected chi connectivity index (χ4v) is 3.51. The number of amides is 2. The molecular weight excluding hydrogens is 246 g/mol. The first kappa shape index (κ1) is 12.4. The third-order valence-electron chi connectivity index (χ3n) is 4.31. The summed E-state index contributed by atoms with van der Waals surface area (Å²) in [7, 11) is 0. The summed E-state index contributed by atoms with van der Waals surface area (Å²) in [6.45, 7) is 1.86. The van der Waals surface area contributed by atoms with E-state index in [-0.39, 0.29) is 35.5 Å². The van der Waals surface area contributed by atoms with Gasteiger partial charge in [0, 0.05) is 25.8 Å². The van der Waals surface area contributed by atoms with Crippen LogP contribution in [0.1, 0.15) is 26.2 Å². The lowest BCUT2D eigenvalue weighted by atomic mass is 9.89. The van der Waals surface area contributed by atoms with E-state index < -0.39 is 6.10 Å². The minimum absolute atomic E-state index is 0.0988. The number of esters is 1. The molecule has 3 rings (SSSR count). The summed E-state index contributed by atoms with van der Waals surface area (Å²) in [5.74, 6) is -0.766. The number of allylic oxidation sites excluding steroid dienone is 1. The molecule has 1 aliphatic heterocycles. The first-order valence-corrected chi connectivity index (χ1v) is 6.77. The van der Waals surface area contributed by atoms with Gasteiger partial charge in [-0.3, -0.25) is 19.3 Å². The van der Waals surface area contributed by atoms with Gasteiger partial charge in [-0.1, -0.05) is 12.2 Å². The lowest BCUT2D eigenvalue weighted by Crippen LogP contribution is -2.44. The molecule has 1 saturated heterocycles. The molecule has 5 nitrogen and oxygen atoms in total. The van der Waals surface area contributed by atoms with Crippen molar-refractivity contribution in [3.05, 3.63) is 12.2 Å². The fourth-order valence-electron chi connectivity index (χ4n) is 3.51. The highest BCUT2D eigenvalue weighted by Gasteiger charge is 2.52. The lowest BCUT2D eigenvalue weighted by molar-refractivity contribution is -0.156. The maximum absolute atomic E-state index is 12.5. The van der Waals surface area contributed by atoms with Crippen molar-refractivity contribution >= 4 is 17.8 Å². The van der Waals surface area contributed by atoms with Gasteiger partial charge >= 0.3 is 5.97 Å². The van der Waals surface area contributed by atoms with E-state index >= 15 is 0 Å². The fraction of sp³-hybridized carbons (Fsp3) is 0.643. The average Bonchev–Trinajstić information content (AvgIpc) is 3.02. The van der Waals surface area contributed by atoms with Gasteiger partial charge in [0.15, 0.2) is 0 Å². The zero-order chi connectivity index (χ0) is 13.6. The molecule has 19 heavy (non-hydrogen) atoms. The first-order valence-electron chi connectivity index (χ1n) is 6.77. The van der Waals surface area contributed by atoms with Crippen molar-refractivity contribution in [2.24, 2.45) is 17.8 Å². The smallest absolute Gasteiger partial charge is 0.302 e. The Hall–Kier alpha value is -1.65. The lowest BCUT2D eigenvalue weighted by Gasteiger charge is -2.29. The van der Waals surface area contributed by atoms with Crippen LogP contribution in [-0.4, -0.2) is 35.3 Å². The van der Waals surface area contributed by atoms with Crippen LogP contribution in [-0.2, 0) is 19.1 Å². The van der Waals surface area contributed by atoms with Gasteiger partial charge in [0.25, 0.3) is 0 Å². The number of fused-ring (bicyclic) bond motifs is 2. The molecule has 1 saturated carbocycles. The van der Waals surface area contributed by atoms with E-state index in [0.717, 1.165) is 12.8 Å². The number of carbonyl (C=O) groups is 3. The number of hydrogen-bond acceptors (Lipinski definition) is 4. The SMILES string of the molecule is CC(=O)O[C@H]1[C@H](C(=O)N2CCCC2=O)[C@@H]2C=C[C@H]1C2. The second-order valence-corrected chi connectivity index (χ2v) is 5.54. The molecular formula is C14H17NO4. The Balaban J connectivity index is 1.81. The van der Waals surface area contributed by atoms with Crippen molar-refractivity contribution in [1.29, 1.82) is 0 Å². The number of rotatable bonds is 2. The highest BCUT2D eigenvalue weighted by Crippen LogP contribution is 2.46. The van der Waals surface area contributed by atoms with Crippen LogP contribution in [0.15, 0.2) is 12.2 Å². The highest BCUT2D eigenvalue weighted by atomic mass is 16.5. The first-order chi connectivity index (χ1) is 9.08.